The van der Waals surface area contributed by atoms with Gasteiger partial charge in [-0.15, -0.1) is 0 Å². The molecule has 0 aliphatic carbocycles. The molecule has 1 aliphatic rings. The molecule has 0 saturated carbocycles. The van der Waals surface area contributed by atoms with Gasteiger partial charge in [0.05, 0.1) is 6.10 Å². The van der Waals surface area contributed by atoms with Gasteiger partial charge in [-0.05, 0) is 32.1 Å². The van der Waals surface area contributed by atoms with E-state index in [1.807, 2.05) is 4.90 Å². The molecule has 1 aliphatic heterocycles. The van der Waals surface area contributed by atoms with E-state index in [1.165, 1.54) is 0 Å². The highest BCUT2D eigenvalue weighted by Gasteiger charge is 2.35. The number of methoxy groups -OCH3 is 1. The first-order valence-electron chi connectivity index (χ1n) is 6.77. The number of hydrogen-bond donors (Lipinski definition) is 1. The summed E-state index contributed by atoms with van der Waals surface area (Å²) in [6.45, 7) is 12.0. The number of amides is 2. The van der Waals surface area contributed by atoms with Crippen LogP contribution >= 0.6 is 0 Å². The molecule has 4 heteroatoms. The molecule has 0 unspecified atom stereocenters. The number of carbonyl (C=O) groups excluding carboxylic acids is 1. The van der Waals surface area contributed by atoms with E-state index < -0.39 is 0 Å². The Morgan fingerprint density at radius 3 is 2.44 bits per heavy atom. The minimum Gasteiger partial charge on any atom is -0.379 e. The molecule has 0 radical (unpaired) electrons. The number of rotatable bonds is 3. The smallest absolute Gasteiger partial charge is 0.317 e. The SMILES string of the molecule is CO[C@@H](CNC(=O)N1CCCC1(C)C)C(C)(C)C. The number of carbonyl (C=O) groups is 1. The van der Waals surface area contributed by atoms with Gasteiger partial charge >= 0.3 is 6.03 Å². The van der Waals surface area contributed by atoms with Crippen LogP contribution in [0, 0.1) is 5.41 Å². The van der Waals surface area contributed by atoms with Gasteiger partial charge in [0.1, 0.15) is 0 Å². The lowest BCUT2D eigenvalue weighted by molar-refractivity contribution is 0.0180. The molecule has 0 aromatic rings. The van der Waals surface area contributed by atoms with Crippen molar-refractivity contribution >= 4 is 6.03 Å². The predicted octanol–water partition coefficient (Wildman–Crippen LogP) is 2.63. The second-order valence-electron chi connectivity index (χ2n) is 6.84. The number of nitrogens with zero attached hydrogens (tertiary/aromatic N) is 1. The Bertz CT molecular complexity index is 295. The second kappa shape index (κ2) is 5.47. The molecule has 0 spiro atoms. The standard InChI is InChI=1S/C14H28N2O2/c1-13(2,3)11(18-6)10-15-12(17)16-9-7-8-14(16,4)5/h11H,7-10H2,1-6H3,(H,15,17)/t11-/m0/s1. The van der Waals surface area contributed by atoms with Gasteiger partial charge in [-0.25, -0.2) is 4.79 Å². The number of urea groups is 1. The van der Waals surface area contributed by atoms with Crippen LogP contribution in [0.4, 0.5) is 4.79 Å². The summed E-state index contributed by atoms with van der Waals surface area (Å²) in [5, 5.41) is 3.00. The van der Waals surface area contributed by atoms with Crippen molar-refractivity contribution in [3.63, 3.8) is 0 Å². The third-order valence-electron chi connectivity index (χ3n) is 3.84. The normalized spacial score (nSPS) is 20.9. The van der Waals surface area contributed by atoms with Crippen molar-refractivity contribution in [2.75, 3.05) is 20.2 Å². The Morgan fingerprint density at radius 2 is 2.06 bits per heavy atom. The van der Waals surface area contributed by atoms with E-state index >= 15 is 0 Å². The fourth-order valence-corrected chi connectivity index (χ4v) is 2.50. The second-order valence-corrected chi connectivity index (χ2v) is 6.84. The maximum Gasteiger partial charge on any atom is 0.317 e. The first kappa shape index (κ1) is 15.3. The lowest BCUT2D eigenvalue weighted by Gasteiger charge is -2.34. The van der Waals surface area contributed by atoms with E-state index in [0.717, 1.165) is 19.4 Å². The highest BCUT2D eigenvalue weighted by atomic mass is 16.5. The van der Waals surface area contributed by atoms with Crippen LogP contribution in [0.15, 0.2) is 0 Å². The topological polar surface area (TPSA) is 41.6 Å². The average Bonchev–Trinajstić information content (AvgIpc) is 2.56. The van der Waals surface area contributed by atoms with Crippen LogP contribution < -0.4 is 5.32 Å². The van der Waals surface area contributed by atoms with Crippen LogP contribution in [-0.4, -0.2) is 42.8 Å². The summed E-state index contributed by atoms with van der Waals surface area (Å²) in [7, 11) is 1.70. The zero-order valence-electron chi connectivity index (χ0n) is 12.7. The molecule has 0 aromatic heterocycles. The highest BCUT2D eigenvalue weighted by Crippen LogP contribution is 2.28. The van der Waals surface area contributed by atoms with Crippen LogP contribution in [0.2, 0.25) is 0 Å². The number of hydrogen-bond acceptors (Lipinski definition) is 2. The fourth-order valence-electron chi connectivity index (χ4n) is 2.50. The quantitative estimate of drug-likeness (QED) is 0.843. The number of likely N-dealkylation sites (tertiary alicyclic amines) is 1. The van der Waals surface area contributed by atoms with E-state index in [0.29, 0.717) is 6.54 Å². The van der Waals surface area contributed by atoms with Gasteiger partial charge in [0.15, 0.2) is 0 Å². The van der Waals surface area contributed by atoms with Gasteiger partial charge in [-0.1, -0.05) is 20.8 Å². The predicted molar refractivity (Wildman–Crippen MR) is 73.7 cm³/mol. The summed E-state index contributed by atoms with van der Waals surface area (Å²) in [4.78, 5) is 14.1. The van der Waals surface area contributed by atoms with Crippen molar-refractivity contribution in [2.24, 2.45) is 5.41 Å². The largest absolute Gasteiger partial charge is 0.379 e. The molecule has 1 heterocycles. The Morgan fingerprint density at radius 1 is 1.44 bits per heavy atom. The summed E-state index contributed by atoms with van der Waals surface area (Å²) >= 11 is 0. The maximum atomic E-state index is 12.2. The lowest BCUT2D eigenvalue weighted by Crippen LogP contribution is -2.50. The van der Waals surface area contributed by atoms with Gasteiger partial charge < -0.3 is 15.0 Å². The van der Waals surface area contributed by atoms with Crippen molar-refractivity contribution < 1.29 is 9.53 Å². The van der Waals surface area contributed by atoms with Crippen LogP contribution in [0.25, 0.3) is 0 Å². The van der Waals surface area contributed by atoms with E-state index in [1.54, 1.807) is 7.11 Å². The van der Waals surface area contributed by atoms with Crippen LogP contribution in [0.1, 0.15) is 47.5 Å². The Labute approximate surface area is 111 Å². The molecule has 0 aromatic carbocycles. The van der Waals surface area contributed by atoms with Crippen molar-refractivity contribution in [3.8, 4) is 0 Å². The zero-order valence-corrected chi connectivity index (χ0v) is 12.7. The van der Waals surface area contributed by atoms with Gasteiger partial charge in [-0.3, -0.25) is 0 Å². The molecule has 0 bridgehead atoms. The maximum absolute atomic E-state index is 12.2. The molecule has 1 saturated heterocycles. The first-order chi connectivity index (χ1) is 8.18. The molecule has 1 fully saturated rings. The Hall–Kier alpha value is -0.770. The molecule has 1 N–H and O–H groups in total. The molecule has 106 valence electrons. The summed E-state index contributed by atoms with van der Waals surface area (Å²) in [6, 6.07) is 0.0313. The van der Waals surface area contributed by atoms with E-state index in [9.17, 15) is 4.79 Å². The summed E-state index contributed by atoms with van der Waals surface area (Å²) in [6.07, 6.45) is 2.20. The Kier molecular flexibility index (Phi) is 4.65. The summed E-state index contributed by atoms with van der Waals surface area (Å²) < 4.78 is 5.45. The molecule has 4 nitrogen and oxygen atoms in total. The third kappa shape index (κ3) is 3.61. The average molecular weight is 256 g/mol. The van der Waals surface area contributed by atoms with Crippen molar-refractivity contribution in [1.82, 2.24) is 10.2 Å². The summed E-state index contributed by atoms with van der Waals surface area (Å²) in [5.41, 5.74) is 0.0109. The molecular formula is C14H28N2O2. The van der Waals surface area contributed by atoms with Crippen molar-refractivity contribution in [3.05, 3.63) is 0 Å². The summed E-state index contributed by atoms with van der Waals surface area (Å²) in [5.74, 6) is 0. The number of ether oxygens (including phenoxy) is 1. The highest BCUT2D eigenvalue weighted by molar-refractivity contribution is 5.75. The third-order valence-corrected chi connectivity index (χ3v) is 3.84. The van der Waals surface area contributed by atoms with E-state index in [4.69, 9.17) is 4.74 Å². The fraction of sp³-hybridized carbons (Fsp3) is 0.929. The monoisotopic (exact) mass is 256 g/mol. The van der Waals surface area contributed by atoms with Crippen molar-refractivity contribution in [1.29, 1.82) is 0 Å². The van der Waals surface area contributed by atoms with Crippen LogP contribution in [0.3, 0.4) is 0 Å². The van der Waals surface area contributed by atoms with Gasteiger partial charge in [0, 0.05) is 25.7 Å². The molecule has 2 amide bonds. The lowest BCUT2D eigenvalue weighted by atomic mass is 9.89. The Balaban J connectivity index is 2.51. The van der Waals surface area contributed by atoms with E-state index in [-0.39, 0.29) is 23.1 Å². The van der Waals surface area contributed by atoms with Gasteiger partial charge in [0.25, 0.3) is 0 Å². The van der Waals surface area contributed by atoms with Gasteiger partial charge in [0.2, 0.25) is 0 Å². The molecule has 18 heavy (non-hydrogen) atoms. The first-order valence-corrected chi connectivity index (χ1v) is 6.77. The minimum atomic E-state index is -0.0195. The zero-order chi connectivity index (χ0) is 14.0. The van der Waals surface area contributed by atoms with Crippen molar-refractivity contribution in [2.45, 2.75) is 59.1 Å². The number of nitrogens with one attached hydrogen (secondary N) is 1. The minimum absolute atomic E-state index is 0.0195. The van der Waals surface area contributed by atoms with Crippen LogP contribution in [-0.2, 0) is 4.74 Å². The molecular weight excluding hydrogens is 228 g/mol. The molecule has 1 rings (SSSR count). The molecule has 1 atom stereocenters. The van der Waals surface area contributed by atoms with Crippen LogP contribution in [0.5, 0.6) is 0 Å². The van der Waals surface area contributed by atoms with Gasteiger partial charge in [-0.2, -0.15) is 0 Å². The van der Waals surface area contributed by atoms with E-state index in [2.05, 4.69) is 39.9 Å².